The number of aromatic nitrogens is 1. The molecule has 1 aromatic heterocycles. The third kappa shape index (κ3) is 1.68. The summed E-state index contributed by atoms with van der Waals surface area (Å²) in [5, 5.41) is 18.1. The van der Waals surface area contributed by atoms with Gasteiger partial charge in [0.05, 0.1) is 12.5 Å². The standard InChI is InChI=1S/C11H8N2O3/c12-6-5-8-7-3-1-2-4-9(7)13-10(8)16-11(14)15/h1-4,13H,5H2,(H,14,15). The van der Waals surface area contributed by atoms with Gasteiger partial charge in [-0.25, -0.2) is 4.79 Å². The third-order valence-electron chi connectivity index (χ3n) is 2.22. The van der Waals surface area contributed by atoms with Gasteiger partial charge >= 0.3 is 6.16 Å². The molecule has 0 radical (unpaired) electrons. The van der Waals surface area contributed by atoms with E-state index in [1.807, 2.05) is 24.3 Å². The predicted molar refractivity (Wildman–Crippen MR) is 56.3 cm³/mol. The number of carboxylic acid groups (broad SMARTS) is 1. The third-order valence-corrected chi connectivity index (χ3v) is 2.22. The Balaban J connectivity index is 2.59. The van der Waals surface area contributed by atoms with E-state index in [9.17, 15) is 4.79 Å². The van der Waals surface area contributed by atoms with Crippen LogP contribution in [0.3, 0.4) is 0 Å². The van der Waals surface area contributed by atoms with Gasteiger partial charge in [-0.2, -0.15) is 5.26 Å². The lowest BCUT2D eigenvalue weighted by atomic mass is 10.1. The number of ether oxygens (including phenoxy) is 1. The molecule has 0 saturated carbocycles. The highest BCUT2D eigenvalue weighted by atomic mass is 16.7. The van der Waals surface area contributed by atoms with Crippen LogP contribution in [0.4, 0.5) is 4.79 Å². The minimum absolute atomic E-state index is 0.104. The number of fused-ring (bicyclic) bond motifs is 1. The molecule has 2 aromatic rings. The van der Waals surface area contributed by atoms with E-state index in [2.05, 4.69) is 9.72 Å². The van der Waals surface area contributed by atoms with Crippen LogP contribution in [-0.2, 0) is 6.42 Å². The lowest BCUT2D eigenvalue weighted by molar-refractivity contribution is 0.142. The van der Waals surface area contributed by atoms with Crippen molar-refractivity contribution in [1.82, 2.24) is 4.98 Å². The van der Waals surface area contributed by atoms with Gasteiger partial charge in [-0.3, -0.25) is 0 Å². The molecule has 5 heteroatoms. The van der Waals surface area contributed by atoms with Gasteiger partial charge in [0.15, 0.2) is 0 Å². The summed E-state index contributed by atoms with van der Waals surface area (Å²) in [6.45, 7) is 0. The van der Waals surface area contributed by atoms with Crippen molar-refractivity contribution in [3.63, 3.8) is 0 Å². The molecule has 0 unspecified atom stereocenters. The smallest absolute Gasteiger partial charge is 0.449 e. The van der Waals surface area contributed by atoms with Crippen LogP contribution in [0.25, 0.3) is 10.9 Å². The van der Waals surface area contributed by atoms with Gasteiger partial charge in [-0.15, -0.1) is 0 Å². The number of nitriles is 1. The molecular formula is C11H8N2O3. The summed E-state index contributed by atoms with van der Waals surface area (Å²) < 4.78 is 4.59. The molecule has 1 heterocycles. The molecule has 0 saturated heterocycles. The maximum absolute atomic E-state index is 10.5. The van der Waals surface area contributed by atoms with Crippen LogP contribution in [-0.4, -0.2) is 16.2 Å². The maximum atomic E-state index is 10.5. The highest BCUT2D eigenvalue weighted by Crippen LogP contribution is 2.28. The number of benzene rings is 1. The lowest BCUT2D eigenvalue weighted by Crippen LogP contribution is -2.04. The molecular weight excluding hydrogens is 208 g/mol. The minimum Gasteiger partial charge on any atom is -0.449 e. The van der Waals surface area contributed by atoms with E-state index in [0.29, 0.717) is 5.56 Å². The highest BCUT2D eigenvalue weighted by molar-refractivity contribution is 5.86. The highest BCUT2D eigenvalue weighted by Gasteiger charge is 2.14. The molecule has 2 rings (SSSR count). The second kappa shape index (κ2) is 3.95. The molecule has 80 valence electrons. The largest absolute Gasteiger partial charge is 0.512 e. The zero-order valence-corrected chi connectivity index (χ0v) is 8.23. The van der Waals surface area contributed by atoms with Crippen LogP contribution in [0.1, 0.15) is 5.56 Å². The average molecular weight is 216 g/mol. The molecule has 0 aliphatic rings. The number of hydrogen-bond donors (Lipinski definition) is 2. The molecule has 0 aliphatic heterocycles. The first-order valence-corrected chi connectivity index (χ1v) is 4.59. The Hall–Kier alpha value is -2.48. The number of aromatic amines is 1. The van der Waals surface area contributed by atoms with Crippen molar-refractivity contribution in [2.75, 3.05) is 0 Å². The molecule has 5 nitrogen and oxygen atoms in total. The van der Waals surface area contributed by atoms with Crippen LogP contribution in [0.5, 0.6) is 5.88 Å². The van der Waals surface area contributed by atoms with Crippen LogP contribution in [0, 0.1) is 11.3 Å². The van der Waals surface area contributed by atoms with E-state index in [0.717, 1.165) is 10.9 Å². The molecule has 2 N–H and O–H groups in total. The first-order valence-electron chi connectivity index (χ1n) is 4.59. The Morgan fingerprint density at radius 2 is 2.25 bits per heavy atom. The quantitative estimate of drug-likeness (QED) is 0.754. The molecule has 16 heavy (non-hydrogen) atoms. The van der Waals surface area contributed by atoms with E-state index in [1.165, 1.54) is 0 Å². The summed E-state index contributed by atoms with van der Waals surface area (Å²) in [6, 6.07) is 9.23. The normalized spacial score (nSPS) is 9.94. The van der Waals surface area contributed by atoms with Gasteiger partial charge in [-0.05, 0) is 6.07 Å². The van der Waals surface area contributed by atoms with E-state index >= 15 is 0 Å². The molecule has 0 aliphatic carbocycles. The number of nitrogens with one attached hydrogen (secondary N) is 1. The SMILES string of the molecule is N#CCc1c(OC(=O)O)[nH]c2ccccc12. The van der Waals surface area contributed by atoms with Crippen molar-refractivity contribution < 1.29 is 14.6 Å². The van der Waals surface area contributed by atoms with Crippen LogP contribution in [0.2, 0.25) is 0 Å². The second-order valence-electron chi connectivity index (χ2n) is 3.18. The zero-order chi connectivity index (χ0) is 11.5. The Kier molecular flexibility index (Phi) is 2.48. The number of H-pyrrole nitrogens is 1. The first kappa shape index (κ1) is 10.1. The Labute approximate surface area is 90.9 Å². The molecule has 0 atom stereocenters. The number of nitrogens with zero attached hydrogens (tertiary/aromatic N) is 1. The molecule has 0 fully saturated rings. The second-order valence-corrected chi connectivity index (χ2v) is 3.18. The van der Waals surface area contributed by atoms with Gasteiger partial charge < -0.3 is 14.8 Å². The van der Waals surface area contributed by atoms with Crippen molar-refractivity contribution in [1.29, 1.82) is 5.26 Å². The number of carbonyl (C=O) groups is 1. The van der Waals surface area contributed by atoms with Gasteiger partial charge in [0.2, 0.25) is 5.88 Å². The van der Waals surface area contributed by atoms with Crippen molar-refractivity contribution in [2.45, 2.75) is 6.42 Å². The fourth-order valence-corrected chi connectivity index (χ4v) is 1.60. The average Bonchev–Trinajstić information content (AvgIpc) is 2.57. The van der Waals surface area contributed by atoms with Crippen molar-refractivity contribution in [3.8, 4) is 11.9 Å². The number of rotatable bonds is 2. The van der Waals surface area contributed by atoms with Crippen LogP contribution in [0.15, 0.2) is 24.3 Å². The Morgan fingerprint density at radius 1 is 1.50 bits per heavy atom. The van der Waals surface area contributed by atoms with Gasteiger partial charge in [-0.1, -0.05) is 18.2 Å². The summed E-state index contributed by atoms with van der Waals surface area (Å²) in [7, 11) is 0. The van der Waals surface area contributed by atoms with Gasteiger partial charge in [0.1, 0.15) is 0 Å². The molecule has 0 amide bonds. The van der Waals surface area contributed by atoms with Crippen molar-refractivity contribution in [3.05, 3.63) is 29.8 Å². The van der Waals surface area contributed by atoms with E-state index in [-0.39, 0.29) is 12.3 Å². The number of para-hydroxylation sites is 1. The summed E-state index contributed by atoms with van der Waals surface area (Å²) in [4.78, 5) is 13.3. The summed E-state index contributed by atoms with van der Waals surface area (Å²) in [5.41, 5.74) is 1.32. The molecule has 1 aromatic carbocycles. The summed E-state index contributed by atoms with van der Waals surface area (Å²) in [5.74, 6) is 0.121. The molecule has 0 spiro atoms. The fourth-order valence-electron chi connectivity index (χ4n) is 1.60. The van der Waals surface area contributed by atoms with Gasteiger partial charge in [0, 0.05) is 16.5 Å². The van der Waals surface area contributed by atoms with E-state index in [4.69, 9.17) is 10.4 Å². The minimum atomic E-state index is -1.40. The predicted octanol–water partition coefficient (Wildman–Crippen LogP) is 2.29. The monoisotopic (exact) mass is 216 g/mol. The van der Waals surface area contributed by atoms with Crippen molar-refractivity contribution in [2.24, 2.45) is 0 Å². The summed E-state index contributed by atoms with van der Waals surface area (Å²) >= 11 is 0. The first-order chi connectivity index (χ1) is 7.72. The Bertz CT molecular complexity index is 580. The van der Waals surface area contributed by atoms with Crippen LogP contribution >= 0.6 is 0 Å². The fraction of sp³-hybridized carbons (Fsp3) is 0.0909. The zero-order valence-electron chi connectivity index (χ0n) is 8.23. The molecule has 0 bridgehead atoms. The van der Waals surface area contributed by atoms with Crippen LogP contribution < -0.4 is 4.74 Å². The van der Waals surface area contributed by atoms with Crippen molar-refractivity contribution >= 4 is 17.1 Å². The Morgan fingerprint density at radius 3 is 2.94 bits per heavy atom. The van der Waals surface area contributed by atoms with Gasteiger partial charge in [0.25, 0.3) is 0 Å². The lowest BCUT2D eigenvalue weighted by Gasteiger charge is -1.97. The topological polar surface area (TPSA) is 86.1 Å². The van der Waals surface area contributed by atoms with E-state index < -0.39 is 6.16 Å². The summed E-state index contributed by atoms with van der Waals surface area (Å²) in [6.07, 6.45) is -1.29. The maximum Gasteiger partial charge on any atom is 0.512 e. The number of hydrogen-bond acceptors (Lipinski definition) is 3. The van der Waals surface area contributed by atoms with E-state index in [1.54, 1.807) is 6.07 Å².